The van der Waals surface area contributed by atoms with Crippen LogP contribution in [0.3, 0.4) is 0 Å². The fourth-order valence-corrected chi connectivity index (χ4v) is 3.13. The van der Waals surface area contributed by atoms with Gasteiger partial charge in [0.1, 0.15) is 5.75 Å². The highest BCUT2D eigenvalue weighted by atomic mass is 19.4. The van der Waals surface area contributed by atoms with Crippen LogP contribution in [-0.4, -0.2) is 52.3 Å². The SMILES string of the molecule is CCC(=O)C(NC(=O)c1ccc2c(c1)CCNC2)(Oc1ccccc1)C(=O)O.O=C(O)C(F)(F)F. The third-order valence-electron chi connectivity index (χ3n) is 4.92. The van der Waals surface area contributed by atoms with Gasteiger partial charge >= 0.3 is 23.8 Å². The van der Waals surface area contributed by atoms with Crippen molar-refractivity contribution in [3.8, 4) is 5.75 Å². The highest BCUT2D eigenvalue weighted by Gasteiger charge is 2.49. The lowest BCUT2D eigenvalue weighted by Gasteiger charge is -2.29. The molecule has 0 aromatic heterocycles. The van der Waals surface area contributed by atoms with Gasteiger partial charge in [-0.15, -0.1) is 0 Å². The van der Waals surface area contributed by atoms with E-state index in [1.54, 1.807) is 30.3 Å². The number of halogens is 3. The summed E-state index contributed by atoms with van der Waals surface area (Å²) in [4.78, 5) is 46.3. The molecule has 3 rings (SSSR count). The Hall–Kier alpha value is -3.93. The molecule has 35 heavy (non-hydrogen) atoms. The standard InChI is InChI=1S/C21H22N2O5.C2HF3O2/c1-2-18(24)21(20(26)27,28-17-6-4-3-5-7-17)23-19(25)15-8-9-16-13-22-11-10-14(16)12-15;3-2(4,5)1(6)7/h3-9,12,22H,2,10-11,13H2,1H3,(H,23,25)(H,26,27);(H,6,7). The maximum Gasteiger partial charge on any atom is 0.490 e. The fraction of sp³-hybridized carbons (Fsp3) is 0.304. The monoisotopic (exact) mass is 496 g/mol. The number of carboxylic acids is 2. The largest absolute Gasteiger partial charge is 0.490 e. The Morgan fingerprint density at radius 3 is 2.17 bits per heavy atom. The number of Topliss-reactive ketones (excluding diaryl/α,β-unsaturated/α-hetero) is 1. The Bertz CT molecular complexity index is 1090. The van der Waals surface area contributed by atoms with E-state index >= 15 is 0 Å². The summed E-state index contributed by atoms with van der Waals surface area (Å²) in [7, 11) is 0. The number of benzene rings is 2. The molecule has 0 saturated carbocycles. The summed E-state index contributed by atoms with van der Waals surface area (Å²) in [5.74, 6) is -5.59. The van der Waals surface area contributed by atoms with Gasteiger partial charge in [0.05, 0.1) is 0 Å². The number of carbonyl (C=O) groups is 4. The molecular formula is C23H23F3N2O7. The number of carbonyl (C=O) groups excluding carboxylic acids is 2. The molecule has 1 aliphatic rings. The van der Waals surface area contributed by atoms with Gasteiger partial charge in [0.25, 0.3) is 5.91 Å². The number of rotatable bonds is 7. The van der Waals surface area contributed by atoms with E-state index in [0.29, 0.717) is 0 Å². The molecular weight excluding hydrogens is 473 g/mol. The quantitative estimate of drug-likeness (QED) is 0.339. The molecule has 0 saturated heterocycles. The lowest BCUT2D eigenvalue weighted by molar-refractivity contribution is -0.192. The molecule has 12 heteroatoms. The molecule has 1 heterocycles. The van der Waals surface area contributed by atoms with Crippen LogP contribution in [0.4, 0.5) is 13.2 Å². The summed E-state index contributed by atoms with van der Waals surface area (Å²) >= 11 is 0. The molecule has 188 valence electrons. The van der Waals surface area contributed by atoms with Crippen LogP contribution in [0.1, 0.15) is 34.8 Å². The predicted octanol–water partition coefficient (Wildman–Crippen LogP) is 2.53. The minimum Gasteiger partial charge on any atom is -0.476 e. The maximum atomic E-state index is 12.8. The van der Waals surface area contributed by atoms with Crippen molar-refractivity contribution in [2.24, 2.45) is 0 Å². The molecule has 9 nitrogen and oxygen atoms in total. The number of carboxylic acid groups (broad SMARTS) is 2. The summed E-state index contributed by atoms with van der Waals surface area (Å²) in [6.45, 7) is 3.05. The van der Waals surface area contributed by atoms with Crippen molar-refractivity contribution in [3.63, 3.8) is 0 Å². The molecule has 0 fully saturated rings. The van der Waals surface area contributed by atoms with Gasteiger partial charge in [-0.05, 0) is 48.4 Å². The van der Waals surface area contributed by atoms with Crippen LogP contribution in [0.2, 0.25) is 0 Å². The van der Waals surface area contributed by atoms with E-state index in [2.05, 4.69) is 10.6 Å². The number of nitrogens with one attached hydrogen (secondary N) is 2. The summed E-state index contributed by atoms with van der Waals surface area (Å²) in [5.41, 5.74) is -0.0904. The van der Waals surface area contributed by atoms with Gasteiger partial charge in [0, 0.05) is 18.5 Å². The van der Waals surface area contributed by atoms with Gasteiger partial charge in [0.15, 0.2) is 0 Å². The van der Waals surface area contributed by atoms with E-state index < -0.39 is 35.5 Å². The normalized spacial score (nSPS) is 14.3. The zero-order valence-electron chi connectivity index (χ0n) is 18.5. The molecule has 1 unspecified atom stereocenters. The molecule has 2 aromatic rings. The molecule has 1 aliphatic heterocycles. The van der Waals surface area contributed by atoms with Crippen LogP contribution >= 0.6 is 0 Å². The Labute approximate surface area is 197 Å². The van der Waals surface area contributed by atoms with Crippen LogP contribution in [0.15, 0.2) is 48.5 Å². The van der Waals surface area contributed by atoms with Crippen LogP contribution in [-0.2, 0) is 27.3 Å². The predicted molar refractivity (Wildman–Crippen MR) is 116 cm³/mol. The molecule has 1 amide bonds. The van der Waals surface area contributed by atoms with Crippen LogP contribution in [0.25, 0.3) is 0 Å². The molecule has 1 atom stereocenters. The van der Waals surface area contributed by atoms with Crippen molar-refractivity contribution in [1.82, 2.24) is 10.6 Å². The topological polar surface area (TPSA) is 142 Å². The average Bonchev–Trinajstić information content (AvgIpc) is 2.83. The molecule has 0 aliphatic carbocycles. The number of amides is 1. The lowest BCUT2D eigenvalue weighted by Crippen LogP contribution is -2.64. The van der Waals surface area contributed by atoms with Crippen molar-refractivity contribution < 1.29 is 47.3 Å². The minimum atomic E-state index is -5.08. The Morgan fingerprint density at radius 1 is 1.00 bits per heavy atom. The third kappa shape index (κ3) is 7.03. The molecule has 0 bridgehead atoms. The summed E-state index contributed by atoms with van der Waals surface area (Å²) in [6, 6.07) is 13.3. The highest BCUT2D eigenvalue weighted by molar-refractivity contribution is 6.11. The summed E-state index contributed by atoms with van der Waals surface area (Å²) < 4.78 is 37.3. The molecule has 4 N–H and O–H groups in total. The number of hydrogen-bond donors (Lipinski definition) is 4. The lowest BCUT2D eigenvalue weighted by atomic mass is 9.97. The second kappa shape index (κ2) is 11.5. The zero-order chi connectivity index (χ0) is 26.2. The van der Waals surface area contributed by atoms with Crippen molar-refractivity contribution in [2.45, 2.75) is 38.2 Å². The number of fused-ring (bicyclic) bond motifs is 1. The van der Waals surface area contributed by atoms with E-state index in [4.69, 9.17) is 14.6 Å². The first kappa shape index (κ1) is 27.3. The minimum absolute atomic E-state index is 0.116. The average molecular weight is 496 g/mol. The van der Waals surface area contributed by atoms with E-state index in [9.17, 15) is 32.7 Å². The van der Waals surface area contributed by atoms with E-state index in [0.717, 1.165) is 30.6 Å². The van der Waals surface area contributed by atoms with Gasteiger partial charge in [-0.2, -0.15) is 13.2 Å². The van der Waals surface area contributed by atoms with Gasteiger partial charge in [-0.25, -0.2) is 9.59 Å². The first-order valence-electron chi connectivity index (χ1n) is 10.4. The number of ether oxygens (including phenoxy) is 1. The Morgan fingerprint density at radius 2 is 1.63 bits per heavy atom. The molecule has 0 spiro atoms. The van der Waals surface area contributed by atoms with E-state index in [-0.39, 0.29) is 17.7 Å². The second-order valence-corrected chi connectivity index (χ2v) is 7.35. The van der Waals surface area contributed by atoms with Crippen LogP contribution in [0.5, 0.6) is 5.75 Å². The zero-order valence-corrected chi connectivity index (χ0v) is 18.5. The Kier molecular flexibility index (Phi) is 8.95. The van der Waals surface area contributed by atoms with Gasteiger partial charge in [0.2, 0.25) is 5.78 Å². The van der Waals surface area contributed by atoms with Crippen molar-refractivity contribution in [3.05, 3.63) is 65.2 Å². The van der Waals surface area contributed by atoms with Gasteiger partial charge < -0.3 is 20.3 Å². The number of para-hydroxylation sites is 1. The number of hydrogen-bond acceptors (Lipinski definition) is 6. The number of ketones is 1. The summed E-state index contributed by atoms with van der Waals surface area (Å²) in [6.07, 6.45) is -4.43. The van der Waals surface area contributed by atoms with Crippen molar-refractivity contribution in [2.75, 3.05) is 6.54 Å². The molecule has 0 radical (unpaired) electrons. The van der Waals surface area contributed by atoms with Crippen LogP contribution < -0.4 is 15.4 Å². The molecule has 2 aromatic carbocycles. The van der Waals surface area contributed by atoms with Crippen LogP contribution in [0, 0.1) is 0 Å². The van der Waals surface area contributed by atoms with Crippen molar-refractivity contribution >= 4 is 23.6 Å². The van der Waals surface area contributed by atoms with Crippen molar-refractivity contribution in [1.29, 1.82) is 0 Å². The smallest absolute Gasteiger partial charge is 0.476 e. The van der Waals surface area contributed by atoms with E-state index in [1.165, 1.54) is 19.1 Å². The van der Waals surface area contributed by atoms with Gasteiger partial charge in [-0.3, -0.25) is 14.9 Å². The fourth-order valence-electron chi connectivity index (χ4n) is 3.13. The van der Waals surface area contributed by atoms with E-state index in [1.807, 2.05) is 6.07 Å². The summed E-state index contributed by atoms with van der Waals surface area (Å²) in [5, 5.41) is 22.5. The van der Waals surface area contributed by atoms with Gasteiger partial charge in [-0.1, -0.05) is 31.2 Å². The second-order valence-electron chi connectivity index (χ2n) is 7.35. The first-order valence-corrected chi connectivity index (χ1v) is 10.4. The third-order valence-corrected chi connectivity index (χ3v) is 4.92. The highest BCUT2D eigenvalue weighted by Crippen LogP contribution is 2.21. The Balaban J connectivity index is 0.000000540. The number of alkyl halides is 3. The maximum absolute atomic E-state index is 12.8. The first-order chi connectivity index (χ1) is 16.4. The number of aliphatic carboxylic acids is 2.